The van der Waals surface area contributed by atoms with Crippen LogP contribution >= 0.6 is 0 Å². The van der Waals surface area contributed by atoms with Crippen LogP contribution in [0.15, 0.2) is 0 Å². The first-order valence-electron chi connectivity index (χ1n) is 7.62. The molecule has 0 unspecified atom stereocenters. The number of carbonyl (C=O) groups is 1. The number of amides is 1. The second-order valence-corrected chi connectivity index (χ2v) is 6.37. The van der Waals surface area contributed by atoms with E-state index in [0.29, 0.717) is 17.7 Å². The van der Waals surface area contributed by atoms with Crippen LogP contribution in [0.5, 0.6) is 0 Å². The molecule has 0 radical (unpaired) electrons. The fourth-order valence-corrected chi connectivity index (χ4v) is 3.36. The van der Waals surface area contributed by atoms with E-state index in [0.717, 1.165) is 38.4 Å². The molecule has 2 fully saturated rings. The van der Waals surface area contributed by atoms with Crippen LogP contribution in [0.1, 0.15) is 45.4 Å². The number of nitrogens with one attached hydrogen (secondary N) is 1. The van der Waals surface area contributed by atoms with Crippen molar-refractivity contribution in [2.45, 2.75) is 45.4 Å². The van der Waals surface area contributed by atoms with Crippen molar-refractivity contribution in [2.75, 3.05) is 26.7 Å². The third-order valence-electron chi connectivity index (χ3n) is 4.73. The molecule has 3 heteroatoms. The molecule has 0 bridgehead atoms. The minimum atomic E-state index is 0.313. The van der Waals surface area contributed by atoms with Crippen molar-refractivity contribution < 1.29 is 4.79 Å². The Labute approximate surface area is 111 Å². The SMILES string of the molecule is CC1CCC(C(=O)N(C)CC2CCNCC2)CC1. The van der Waals surface area contributed by atoms with Gasteiger partial charge in [0, 0.05) is 19.5 Å². The number of piperidine rings is 1. The summed E-state index contributed by atoms with van der Waals surface area (Å²) in [6.07, 6.45) is 7.13. The average molecular weight is 252 g/mol. The lowest BCUT2D eigenvalue weighted by molar-refractivity contribution is -0.136. The first kappa shape index (κ1) is 13.9. The van der Waals surface area contributed by atoms with Gasteiger partial charge in [-0.3, -0.25) is 4.79 Å². The van der Waals surface area contributed by atoms with Gasteiger partial charge in [0.05, 0.1) is 0 Å². The van der Waals surface area contributed by atoms with Crippen molar-refractivity contribution in [3.05, 3.63) is 0 Å². The highest BCUT2D eigenvalue weighted by atomic mass is 16.2. The molecule has 2 aliphatic rings. The highest BCUT2D eigenvalue weighted by Crippen LogP contribution is 2.29. The second kappa shape index (κ2) is 6.55. The predicted octanol–water partition coefficient (Wildman–Crippen LogP) is 2.27. The normalized spacial score (nSPS) is 30.1. The van der Waals surface area contributed by atoms with Gasteiger partial charge >= 0.3 is 0 Å². The molecule has 1 N–H and O–H groups in total. The van der Waals surface area contributed by atoms with Crippen LogP contribution in [-0.4, -0.2) is 37.5 Å². The van der Waals surface area contributed by atoms with E-state index in [-0.39, 0.29) is 0 Å². The highest BCUT2D eigenvalue weighted by Gasteiger charge is 2.27. The standard InChI is InChI=1S/C15H28N2O/c1-12-3-5-14(6-4-12)15(18)17(2)11-13-7-9-16-10-8-13/h12-14,16H,3-11H2,1-2H3. The fourth-order valence-electron chi connectivity index (χ4n) is 3.36. The van der Waals surface area contributed by atoms with Gasteiger partial charge in [-0.15, -0.1) is 0 Å². The van der Waals surface area contributed by atoms with Crippen LogP contribution in [-0.2, 0) is 4.79 Å². The molecule has 1 saturated carbocycles. The Kier molecular flexibility index (Phi) is 5.04. The maximum Gasteiger partial charge on any atom is 0.225 e. The Balaban J connectivity index is 1.77. The lowest BCUT2D eigenvalue weighted by Gasteiger charge is -2.32. The van der Waals surface area contributed by atoms with E-state index in [1.807, 2.05) is 11.9 Å². The van der Waals surface area contributed by atoms with Crippen molar-refractivity contribution >= 4 is 5.91 Å². The van der Waals surface area contributed by atoms with E-state index in [1.165, 1.54) is 25.7 Å². The number of nitrogens with zero attached hydrogens (tertiary/aromatic N) is 1. The monoisotopic (exact) mass is 252 g/mol. The van der Waals surface area contributed by atoms with E-state index in [9.17, 15) is 4.79 Å². The summed E-state index contributed by atoms with van der Waals surface area (Å²) < 4.78 is 0. The lowest BCUT2D eigenvalue weighted by atomic mass is 9.82. The number of carbonyl (C=O) groups excluding carboxylic acids is 1. The second-order valence-electron chi connectivity index (χ2n) is 6.37. The number of rotatable bonds is 3. The maximum atomic E-state index is 12.4. The quantitative estimate of drug-likeness (QED) is 0.835. The molecule has 0 spiro atoms. The average Bonchev–Trinajstić information content (AvgIpc) is 2.40. The van der Waals surface area contributed by atoms with E-state index in [4.69, 9.17) is 0 Å². The molecule has 0 aromatic carbocycles. The van der Waals surface area contributed by atoms with Crippen LogP contribution in [0.25, 0.3) is 0 Å². The van der Waals surface area contributed by atoms with Crippen LogP contribution in [0.3, 0.4) is 0 Å². The highest BCUT2D eigenvalue weighted by molar-refractivity contribution is 5.78. The molecule has 0 atom stereocenters. The molecule has 2 rings (SSSR count). The summed E-state index contributed by atoms with van der Waals surface area (Å²) in [6, 6.07) is 0. The van der Waals surface area contributed by atoms with Gasteiger partial charge in [-0.1, -0.05) is 6.92 Å². The Hall–Kier alpha value is -0.570. The molecule has 3 nitrogen and oxygen atoms in total. The van der Waals surface area contributed by atoms with Gasteiger partial charge in [0.15, 0.2) is 0 Å². The first-order chi connectivity index (χ1) is 8.66. The lowest BCUT2D eigenvalue weighted by Crippen LogP contribution is -2.40. The minimum absolute atomic E-state index is 0.313. The van der Waals surface area contributed by atoms with Gasteiger partial charge in [0.2, 0.25) is 5.91 Å². The summed E-state index contributed by atoms with van der Waals surface area (Å²) in [5, 5.41) is 3.38. The summed E-state index contributed by atoms with van der Waals surface area (Å²) in [5.74, 6) is 2.25. The van der Waals surface area contributed by atoms with E-state index in [2.05, 4.69) is 12.2 Å². The topological polar surface area (TPSA) is 32.3 Å². The number of hydrogen-bond acceptors (Lipinski definition) is 2. The van der Waals surface area contributed by atoms with Crippen molar-refractivity contribution in [3.63, 3.8) is 0 Å². The smallest absolute Gasteiger partial charge is 0.225 e. The zero-order valence-electron chi connectivity index (χ0n) is 12.0. The summed E-state index contributed by atoms with van der Waals surface area (Å²) in [5.41, 5.74) is 0. The fraction of sp³-hybridized carbons (Fsp3) is 0.933. The van der Waals surface area contributed by atoms with Gasteiger partial charge < -0.3 is 10.2 Å². The maximum absolute atomic E-state index is 12.4. The van der Waals surface area contributed by atoms with Crippen molar-refractivity contribution in [2.24, 2.45) is 17.8 Å². The number of hydrogen-bond donors (Lipinski definition) is 1. The summed E-state index contributed by atoms with van der Waals surface area (Å²) in [4.78, 5) is 14.4. The Morgan fingerprint density at radius 1 is 1.11 bits per heavy atom. The van der Waals surface area contributed by atoms with Gasteiger partial charge in [0.1, 0.15) is 0 Å². The largest absolute Gasteiger partial charge is 0.345 e. The van der Waals surface area contributed by atoms with E-state index in [1.54, 1.807) is 0 Å². The summed E-state index contributed by atoms with van der Waals surface area (Å²) in [7, 11) is 2.00. The molecule has 1 saturated heterocycles. The molecule has 18 heavy (non-hydrogen) atoms. The van der Waals surface area contributed by atoms with Crippen LogP contribution < -0.4 is 5.32 Å². The minimum Gasteiger partial charge on any atom is -0.345 e. The van der Waals surface area contributed by atoms with Crippen LogP contribution in [0.4, 0.5) is 0 Å². The molecule has 0 aromatic rings. The summed E-state index contributed by atoms with van der Waals surface area (Å²) >= 11 is 0. The van der Waals surface area contributed by atoms with Gasteiger partial charge in [-0.05, 0) is 63.5 Å². The molecule has 1 amide bonds. The predicted molar refractivity (Wildman–Crippen MR) is 74.4 cm³/mol. The summed E-state index contributed by atoms with van der Waals surface area (Å²) in [6.45, 7) is 5.51. The zero-order chi connectivity index (χ0) is 13.0. The van der Waals surface area contributed by atoms with Gasteiger partial charge in [-0.25, -0.2) is 0 Å². The van der Waals surface area contributed by atoms with E-state index < -0.39 is 0 Å². The Bertz CT molecular complexity index is 266. The third-order valence-corrected chi connectivity index (χ3v) is 4.73. The molecule has 1 aliphatic carbocycles. The van der Waals surface area contributed by atoms with Crippen molar-refractivity contribution in [1.82, 2.24) is 10.2 Å². The molecule has 1 heterocycles. The van der Waals surface area contributed by atoms with Gasteiger partial charge in [-0.2, -0.15) is 0 Å². The zero-order valence-corrected chi connectivity index (χ0v) is 12.0. The Morgan fingerprint density at radius 3 is 2.33 bits per heavy atom. The molecule has 0 aromatic heterocycles. The van der Waals surface area contributed by atoms with Crippen molar-refractivity contribution in [1.29, 1.82) is 0 Å². The first-order valence-corrected chi connectivity index (χ1v) is 7.62. The van der Waals surface area contributed by atoms with E-state index >= 15 is 0 Å². The van der Waals surface area contributed by atoms with Crippen LogP contribution in [0.2, 0.25) is 0 Å². The molecular weight excluding hydrogens is 224 g/mol. The van der Waals surface area contributed by atoms with Crippen molar-refractivity contribution in [3.8, 4) is 0 Å². The molecular formula is C15H28N2O. The third kappa shape index (κ3) is 3.71. The Morgan fingerprint density at radius 2 is 1.72 bits per heavy atom. The van der Waals surface area contributed by atoms with Crippen LogP contribution in [0, 0.1) is 17.8 Å². The molecule has 1 aliphatic heterocycles. The molecule has 104 valence electrons. The van der Waals surface area contributed by atoms with Gasteiger partial charge in [0.25, 0.3) is 0 Å².